The lowest BCUT2D eigenvalue weighted by atomic mass is 10.0. The minimum Gasteiger partial charge on any atom is -0.205 e. The molecule has 0 spiro atoms. The van der Waals surface area contributed by atoms with E-state index in [1.807, 2.05) is 0 Å². The Balaban J connectivity index is 1.92. The number of hydrogen-bond donors (Lipinski definition) is 0. The van der Waals surface area contributed by atoms with Gasteiger partial charge < -0.3 is 0 Å². The van der Waals surface area contributed by atoms with Crippen molar-refractivity contribution >= 4 is 0 Å². The number of aryl methyl sites for hydroxylation is 2. The van der Waals surface area contributed by atoms with Crippen LogP contribution in [0, 0.1) is 0 Å². The molecule has 1 aromatic rings. The highest BCUT2D eigenvalue weighted by molar-refractivity contribution is 5.05. The van der Waals surface area contributed by atoms with Crippen LogP contribution in [-0.4, -0.2) is 0 Å². The zero-order valence-electron chi connectivity index (χ0n) is 21.5. The lowest BCUT2D eigenvalue weighted by molar-refractivity contribution is -0.697. The Labute approximate surface area is 196 Å². The fourth-order valence-corrected chi connectivity index (χ4v) is 4.64. The average molecular weight is 431 g/mol. The summed E-state index contributed by atoms with van der Waals surface area (Å²) in [5, 5.41) is 0. The third kappa shape index (κ3) is 18.4. The molecule has 0 amide bonds. The zero-order valence-corrected chi connectivity index (χ0v) is 21.5. The number of aromatic nitrogens is 1. The summed E-state index contributed by atoms with van der Waals surface area (Å²) in [7, 11) is 0. The molecular weight excluding hydrogens is 374 g/mol. The molecule has 0 aromatic carbocycles. The van der Waals surface area contributed by atoms with Gasteiger partial charge in [-0.15, -0.1) is 0 Å². The Morgan fingerprint density at radius 3 is 1.42 bits per heavy atom. The van der Waals surface area contributed by atoms with E-state index in [9.17, 15) is 0 Å². The van der Waals surface area contributed by atoms with Crippen LogP contribution in [0.1, 0.15) is 154 Å². The maximum Gasteiger partial charge on any atom is 0.171 e. The van der Waals surface area contributed by atoms with Gasteiger partial charge in [-0.25, -0.2) is 4.57 Å². The first-order valence-electron chi connectivity index (χ1n) is 14.3. The second kappa shape index (κ2) is 22.3. The van der Waals surface area contributed by atoms with Gasteiger partial charge in [0.2, 0.25) is 0 Å². The first-order valence-corrected chi connectivity index (χ1v) is 14.3. The van der Waals surface area contributed by atoms with E-state index in [-0.39, 0.29) is 0 Å². The second-order valence-electron chi connectivity index (χ2n) is 9.92. The number of unbranched alkanes of at least 4 members (excludes halogenated alkanes) is 19. The predicted octanol–water partition coefficient (Wildman–Crippen LogP) is 9.75. The van der Waals surface area contributed by atoms with Crippen molar-refractivity contribution in [3.63, 3.8) is 0 Å². The maximum absolute atomic E-state index is 2.42. The average Bonchev–Trinajstić information content (AvgIpc) is 2.79. The molecule has 0 atom stereocenters. The molecule has 31 heavy (non-hydrogen) atoms. The van der Waals surface area contributed by atoms with Gasteiger partial charge in [0.15, 0.2) is 12.4 Å². The van der Waals surface area contributed by atoms with Crippen LogP contribution in [0.15, 0.2) is 24.5 Å². The number of pyridine rings is 1. The van der Waals surface area contributed by atoms with Crippen LogP contribution >= 0.6 is 0 Å². The van der Waals surface area contributed by atoms with Gasteiger partial charge in [-0.2, -0.15) is 0 Å². The summed E-state index contributed by atoms with van der Waals surface area (Å²) in [6.45, 7) is 5.79. The highest BCUT2D eigenvalue weighted by atomic mass is 14.9. The van der Waals surface area contributed by atoms with E-state index in [0.717, 1.165) is 0 Å². The van der Waals surface area contributed by atoms with E-state index in [1.165, 1.54) is 153 Å². The normalized spacial score (nSPS) is 11.3. The van der Waals surface area contributed by atoms with Gasteiger partial charge in [0.1, 0.15) is 6.54 Å². The van der Waals surface area contributed by atoms with Gasteiger partial charge in [-0.3, -0.25) is 0 Å². The third-order valence-electron chi connectivity index (χ3n) is 6.76. The Morgan fingerprint density at radius 1 is 0.516 bits per heavy atom. The molecule has 0 saturated carbocycles. The van der Waals surface area contributed by atoms with Gasteiger partial charge in [0, 0.05) is 18.1 Å². The van der Waals surface area contributed by atoms with Crippen LogP contribution < -0.4 is 4.57 Å². The Hall–Kier alpha value is -0.850. The standard InChI is InChI=1S/C30H56N/c1-3-5-7-9-11-12-13-14-15-16-17-18-20-22-25-30-26-24-28-31(29-30)27-23-21-19-10-8-6-4-2/h24,26,28-29H,3-23,25,27H2,1-2H3/q+1. The number of rotatable bonds is 23. The highest BCUT2D eigenvalue weighted by Crippen LogP contribution is 2.14. The van der Waals surface area contributed by atoms with Crippen LogP contribution in [-0.2, 0) is 13.0 Å². The molecule has 0 bridgehead atoms. The number of hydrogen-bond acceptors (Lipinski definition) is 0. The van der Waals surface area contributed by atoms with Crippen molar-refractivity contribution in [2.45, 2.75) is 162 Å². The monoisotopic (exact) mass is 430 g/mol. The van der Waals surface area contributed by atoms with Crippen LogP contribution in [0.5, 0.6) is 0 Å². The molecule has 1 heteroatoms. The fourth-order valence-electron chi connectivity index (χ4n) is 4.64. The molecule has 1 aromatic heterocycles. The summed E-state index contributed by atoms with van der Waals surface area (Å²) in [4.78, 5) is 0. The van der Waals surface area contributed by atoms with E-state index in [4.69, 9.17) is 0 Å². The SMILES string of the molecule is CCCCCCCCCCCCCCCCc1ccc[n+](CCCCCCCCC)c1. The van der Waals surface area contributed by atoms with Gasteiger partial charge in [0.05, 0.1) is 0 Å². The third-order valence-corrected chi connectivity index (χ3v) is 6.76. The highest BCUT2D eigenvalue weighted by Gasteiger charge is 2.03. The molecule has 0 aliphatic carbocycles. The van der Waals surface area contributed by atoms with Crippen LogP contribution in [0.2, 0.25) is 0 Å². The summed E-state index contributed by atoms with van der Waals surface area (Å²) in [6.07, 6.45) is 35.9. The minimum absolute atomic E-state index is 1.19. The Morgan fingerprint density at radius 2 is 0.935 bits per heavy atom. The first-order chi connectivity index (χ1) is 15.4. The van der Waals surface area contributed by atoms with Crippen molar-refractivity contribution < 1.29 is 4.57 Å². The molecule has 0 N–H and O–H groups in total. The summed E-state index contributed by atoms with van der Waals surface area (Å²) >= 11 is 0. The molecule has 0 aliphatic rings. The van der Waals surface area contributed by atoms with E-state index >= 15 is 0 Å². The van der Waals surface area contributed by atoms with E-state index in [1.54, 1.807) is 0 Å². The van der Waals surface area contributed by atoms with Crippen molar-refractivity contribution in [3.8, 4) is 0 Å². The molecule has 0 fully saturated rings. The molecule has 1 heterocycles. The second-order valence-corrected chi connectivity index (χ2v) is 9.92. The van der Waals surface area contributed by atoms with Gasteiger partial charge >= 0.3 is 0 Å². The van der Waals surface area contributed by atoms with Gasteiger partial charge in [0.25, 0.3) is 0 Å². The summed E-state index contributed by atoms with van der Waals surface area (Å²) in [5.74, 6) is 0. The van der Waals surface area contributed by atoms with Crippen LogP contribution in [0.3, 0.4) is 0 Å². The van der Waals surface area contributed by atoms with Crippen molar-refractivity contribution in [1.29, 1.82) is 0 Å². The molecular formula is C30H56N+. The lowest BCUT2D eigenvalue weighted by Crippen LogP contribution is -2.33. The Bertz CT molecular complexity index is 481. The van der Waals surface area contributed by atoms with Gasteiger partial charge in [-0.1, -0.05) is 129 Å². The van der Waals surface area contributed by atoms with Gasteiger partial charge in [-0.05, 0) is 25.3 Å². The quantitative estimate of drug-likeness (QED) is 0.120. The predicted molar refractivity (Wildman–Crippen MR) is 139 cm³/mol. The van der Waals surface area contributed by atoms with E-state index < -0.39 is 0 Å². The molecule has 0 saturated heterocycles. The topological polar surface area (TPSA) is 3.88 Å². The lowest BCUT2D eigenvalue weighted by Gasteiger charge is -2.04. The molecule has 1 nitrogen and oxygen atoms in total. The summed E-state index contributed by atoms with van der Waals surface area (Å²) in [5.41, 5.74) is 1.53. The van der Waals surface area contributed by atoms with Crippen LogP contribution in [0.4, 0.5) is 0 Å². The fraction of sp³-hybridized carbons (Fsp3) is 0.833. The molecule has 0 unspecified atom stereocenters. The van der Waals surface area contributed by atoms with E-state index in [2.05, 4.69) is 42.9 Å². The molecule has 180 valence electrons. The summed E-state index contributed by atoms with van der Waals surface area (Å²) < 4.78 is 2.42. The largest absolute Gasteiger partial charge is 0.205 e. The smallest absolute Gasteiger partial charge is 0.171 e. The molecule has 0 radical (unpaired) electrons. The molecule has 0 aliphatic heterocycles. The minimum atomic E-state index is 1.19. The van der Waals surface area contributed by atoms with Crippen molar-refractivity contribution in [3.05, 3.63) is 30.1 Å². The number of nitrogens with zero attached hydrogens (tertiary/aromatic N) is 1. The zero-order chi connectivity index (χ0) is 22.2. The molecule has 1 rings (SSSR count). The van der Waals surface area contributed by atoms with Crippen molar-refractivity contribution in [1.82, 2.24) is 0 Å². The maximum atomic E-state index is 2.42. The first kappa shape index (κ1) is 28.2. The van der Waals surface area contributed by atoms with E-state index in [0.29, 0.717) is 0 Å². The van der Waals surface area contributed by atoms with Crippen molar-refractivity contribution in [2.24, 2.45) is 0 Å². The van der Waals surface area contributed by atoms with Crippen LogP contribution in [0.25, 0.3) is 0 Å². The Kier molecular flexibility index (Phi) is 20.3. The summed E-state index contributed by atoms with van der Waals surface area (Å²) in [6, 6.07) is 4.57. The van der Waals surface area contributed by atoms with Crippen molar-refractivity contribution in [2.75, 3.05) is 0 Å².